The largest absolute Gasteiger partial charge is 0.319 e. The highest BCUT2D eigenvalue weighted by Gasteiger charge is 2.14. The molecule has 27 heavy (non-hydrogen) atoms. The number of nitriles is 1. The quantitative estimate of drug-likeness (QED) is 0.546. The summed E-state index contributed by atoms with van der Waals surface area (Å²) in [6, 6.07) is 20.6. The van der Waals surface area contributed by atoms with E-state index in [9.17, 15) is 9.18 Å². The standard InChI is InChI=1S/C21H14ClFN2OS/c22-16-9-10-19(18(23)11-16)25-21(26)17-3-1-2-4-20(17)27-13-15-7-5-14(12-24)6-8-15/h1-11H,13H2,(H,25,26). The first-order valence-corrected chi connectivity index (χ1v) is 9.40. The van der Waals surface area contributed by atoms with Gasteiger partial charge in [0.15, 0.2) is 0 Å². The molecule has 3 nitrogen and oxygen atoms in total. The molecule has 3 aromatic carbocycles. The summed E-state index contributed by atoms with van der Waals surface area (Å²) in [5.74, 6) is -0.330. The number of nitrogens with one attached hydrogen (secondary N) is 1. The Morgan fingerprint density at radius 2 is 1.85 bits per heavy atom. The van der Waals surface area contributed by atoms with Gasteiger partial charge in [0, 0.05) is 15.7 Å². The molecule has 0 aliphatic carbocycles. The first kappa shape index (κ1) is 19.0. The number of halogens is 2. The van der Waals surface area contributed by atoms with Gasteiger partial charge in [-0.25, -0.2) is 4.39 Å². The summed E-state index contributed by atoms with van der Waals surface area (Å²) in [4.78, 5) is 13.4. The maximum Gasteiger partial charge on any atom is 0.256 e. The van der Waals surface area contributed by atoms with Crippen LogP contribution in [0.1, 0.15) is 21.5 Å². The molecule has 1 amide bonds. The predicted octanol–water partition coefficient (Wildman–Crippen LogP) is 5.90. The lowest BCUT2D eigenvalue weighted by molar-refractivity contribution is 0.102. The Bertz CT molecular complexity index is 1020. The highest BCUT2D eigenvalue weighted by atomic mass is 35.5. The molecule has 3 aromatic rings. The zero-order valence-electron chi connectivity index (χ0n) is 14.1. The van der Waals surface area contributed by atoms with Crippen molar-refractivity contribution in [2.75, 3.05) is 5.32 Å². The number of nitrogens with zero attached hydrogens (tertiary/aromatic N) is 1. The van der Waals surface area contributed by atoms with Crippen LogP contribution in [0.2, 0.25) is 5.02 Å². The third kappa shape index (κ3) is 4.88. The lowest BCUT2D eigenvalue weighted by Gasteiger charge is -2.11. The molecule has 0 saturated carbocycles. The Morgan fingerprint density at radius 1 is 1.11 bits per heavy atom. The van der Waals surface area contributed by atoms with Crippen molar-refractivity contribution in [2.45, 2.75) is 10.6 Å². The van der Waals surface area contributed by atoms with Gasteiger partial charge in [-0.15, -0.1) is 11.8 Å². The smallest absolute Gasteiger partial charge is 0.256 e. The zero-order valence-corrected chi connectivity index (χ0v) is 15.7. The second-order valence-corrected chi connectivity index (χ2v) is 7.13. The highest BCUT2D eigenvalue weighted by molar-refractivity contribution is 7.98. The van der Waals surface area contributed by atoms with Gasteiger partial charge in [0.2, 0.25) is 0 Å². The molecule has 0 aliphatic rings. The van der Waals surface area contributed by atoms with E-state index in [1.807, 2.05) is 24.3 Å². The molecule has 0 heterocycles. The van der Waals surface area contributed by atoms with Crippen LogP contribution in [0, 0.1) is 17.1 Å². The molecule has 3 rings (SSSR count). The van der Waals surface area contributed by atoms with Crippen LogP contribution < -0.4 is 5.32 Å². The van der Waals surface area contributed by atoms with Gasteiger partial charge in [-0.2, -0.15) is 5.26 Å². The van der Waals surface area contributed by atoms with E-state index >= 15 is 0 Å². The first-order valence-electron chi connectivity index (χ1n) is 8.04. The minimum Gasteiger partial charge on any atom is -0.319 e. The van der Waals surface area contributed by atoms with Crippen molar-refractivity contribution < 1.29 is 9.18 Å². The van der Waals surface area contributed by atoms with Crippen LogP contribution >= 0.6 is 23.4 Å². The van der Waals surface area contributed by atoms with E-state index in [1.165, 1.54) is 23.9 Å². The van der Waals surface area contributed by atoms with Crippen LogP contribution in [-0.2, 0) is 5.75 Å². The van der Waals surface area contributed by atoms with Gasteiger partial charge in [0.05, 0.1) is 22.9 Å². The molecule has 6 heteroatoms. The minimum atomic E-state index is -0.585. The summed E-state index contributed by atoms with van der Waals surface area (Å²) in [5, 5.41) is 11.7. The second-order valence-electron chi connectivity index (χ2n) is 5.67. The number of hydrogen-bond donors (Lipinski definition) is 1. The van der Waals surface area contributed by atoms with Crippen LogP contribution in [0.5, 0.6) is 0 Å². The highest BCUT2D eigenvalue weighted by Crippen LogP contribution is 2.28. The number of carbonyl (C=O) groups is 1. The number of amides is 1. The summed E-state index contributed by atoms with van der Waals surface area (Å²) in [5.41, 5.74) is 2.19. The van der Waals surface area contributed by atoms with Crippen LogP contribution in [0.3, 0.4) is 0 Å². The van der Waals surface area contributed by atoms with E-state index in [0.29, 0.717) is 16.9 Å². The average molecular weight is 397 g/mol. The second kappa shape index (κ2) is 8.72. The Morgan fingerprint density at radius 3 is 2.56 bits per heavy atom. The van der Waals surface area contributed by atoms with Gasteiger partial charge in [-0.05, 0) is 48.0 Å². The van der Waals surface area contributed by atoms with Crippen molar-refractivity contribution in [1.29, 1.82) is 5.26 Å². The number of thioether (sulfide) groups is 1. The van der Waals surface area contributed by atoms with Crippen molar-refractivity contribution in [1.82, 2.24) is 0 Å². The number of anilines is 1. The fraction of sp³-hybridized carbons (Fsp3) is 0.0476. The number of rotatable bonds is 5. The third-order valence-electron chi connectivity index (χ3n) is 3.79. The Kier molecular flexibility index (Phi) is 6.12. The van der Waals surface area contributed by atoms with Crippen molar-refractivity contribution in [3.63, 3.8) is 0 Å². The SMILES string of the molecule is N#Cc1ccc(CSc2ccccc2C(=O)Nc2ccc(Cl)cc2F)cc1. The monoisotopic (exact) mass is 396 g/mol. The molecular weight excluding hydrogens is 383 g/mol. The molecule has 0 aliphatic heterocycles. The van der Waals surface area contributed by atoms with E-state index in [-0.39, 0.29) is 16.6 Å². The van der Waals surface area contributed by atoms with Crippen molar-refractivity contribution in [3.8, 4) is 6.07 Å². The number of benzene rings is 3. The topological polar surface area (TPSA) is 52.9 Å². The van der Waals surface area contributed by atoms with E-state index in [0.717, 1.165) is 16.5 Å². The summed E-state index contributed by atoms with van der Waals surface area (Å²) in [6.07, 6.45) is 0. The van der Waals surface area contributed by atoms with Crippen molar-refractivity contribution in [3.05, 3.63) is 94.3 Å². The van der Waals surface area contributed by atoms with E-state index < -0.39 is 5.82 Å². The molecule has 0 unspecified atom stereocenters. The van der Waals surface area contributed by atoms with Gasteiger partial charge >= 0.3 is 0 Å². The Balaban J connectivity index is 1.74. The molecule has 0 atom stereocenters. The lowest BCUT2D eigenvalue weighted by atomic mass is 10.2. The lowest BCUT2D eigenvalue weighted by Crippen LogP contribution is -2.14. The van der Waals surface area contributed by atoms with Crippen LogP contribution in [0.4, 0.5) is 10.1 Å². The van der Waals surface area contributed by atoms with Gasteiger partial charge < -0.3 is 5.32 Å². The van der Waals surface area contributed by atoms with Gasteiger partial charge in [-0.3, -0.25) is 4.79 Å². The number of carbonyl (C=O) groups excluding carboxylic acids is 1. The fourth-order valence-corrected chi connectivity index (χ4v) is 3.56. The summed E-state index contributed by atoms with van der Waals surface area (Å²) < 4.78 is 13.9. The average Bonchev–Trinajstić information content (AvgIpc) is 2.69. The third-order valence-corrected chi connectivity index (χ3v) is 5.17. The maximum atomic E-state index is 13.9. The maximum absolute atomic E-state index is 13.9. The molecule has 0 aromatic heterocycles. The Labute approximate surface area is 165 Å². The number of hydrogen-bond acceptors (Lipinski definition) is 3. The van der Waals surface area contributed by atoms with E-state index in [2.05, 4.69) is 11.4 Å². The Hall–Kier alpha value is -2.81. The fourth-order valence-electron chi connectivity index (χ4n) is 2.40. The van der Waals surface area contributed by atoms with Gasteiger partial charge in [0.25, 0.3) is 5.91 Å². The van der Waals surface area contributed by atoms with Gasteiger partial charge in [-0.1, -0.05) is 35.9 Å². The van der Waals surface area contributed by atoms with Crippen molar-refractivity contribution >= 4 is 35.0 Å². The van der Waals surface area contributed by atoms with E-state index in [1.54, 1.807) is 24.3 Å². The summed E-state index contributed by atoms with van der Waals surface area (Å²) >= 11 is 7.24. The molecule has 0 spiro atoms. The van der Waals surface area contributed by atoms with Crippen LogP contribution in [0.25, 0.3) is 0 Å². The molecular formula is C21H14ClFN2OS. The molecule has 134 valence electrons. The predicted molar refractivity (Wildman–Crippen MR) is 107 cm³/mol. The molecule has 0 radical (unpaired) electrons. The molecule has 1 N–H and O–H groups in total. The van der Waals surface area contributed by atoms with Crippen molar-refractivity contribution in [2.24, 2.45) is 0 Å². The van der Waals surface area contributed by atoms with Gasteiger partial charge in [0.1, 0.15) is 5.82 Å². The minimum absolute atomic E-state index is 0.0799. The zero-order chi connectivity index (χ0) is 19.2. The molecule has 0 bridgehead atoms. The summed E-state index contributed by atoms with van der Waals surface area (Å²) in [6.45, 7) is 0. The normalized spacial score (nSPS) is 10.3. The summed E-state index contributed by atoms with van der Waals surface area (Å²) in [7, 11) is 0. The molecule has 0 saturated heterocycles. The van der Waals surface area contributed by atoms with Crippen LogP contribution in [0.15, 0.2) is 71.6 Å². The van der Waals surface area contributed by atoms with E-state index in [4.69, 9.17) is 16.9 Å². The van der Waals surface area contributed by atoms with Crippen LogP contribution in [-0.4, -0.2) is 5.91 Å². The first-order chi connectivity index (χ1) is 13.1. The molecule has 0 fully saturated rings.